The summed E-state index contributed by atoms with van der Waals surface area (Å²) in [5, 5.41) is 0. The van der Waals surface area contributed by atoms with Crippen LogP contribution in [-0.2, 0) is 11.1 Å². The molecule has 1 aliphatic heterocycles. The highest BCUT2D eigenvalue weighted by molar-refractivity contribution is 7.52. The van der Waals surface area contributed by atoms with Gasteiger partial charge < -0.3 is 19.4 Å². The number of para-hydroxylation sites is 2. The molecule has 3 rings (SSSR count). The fourth-order valence-corrected chi connectivity index (χ4v) is 3.95. The lowest BCUT2D eigenvalue weighted by Crippen LogP contribution is -2.46. The second-order valence-corrected chi connectivity index (χ2v) is 8.89. The van der Waals surface area contributed by atoms with E-state index in [4.69, 9.17) is 4.74 Å². The lowest BCUT2D eigenvalue weighted by Gasteiger charge is -2.36. The number of benzene rings is 2. The Labute approximate surface area is 160 Å². The van der Waals surface area contributed by atoms with Crippen LogP contribution in [0.15, 0.2) is 48.5 Å². The molecule has 1 aliphatic rings. The summed E-state index contributed by atoms with van der Waals surface area (Å²) < 4.78 is 16.9. The van der Waals surface area contributed by atoms with Crippen LogP contribution >= 0.6 is 7.60 Å². The van der Waals surface area contributed by atoms with Gasteiger partial charge in [-0.2, -0.15) is 0 Å². The first-order chi connectivity index (χ1) is 12.9. The molecule has 7 heteroatoms. The molecule has 2 N–H and O–H groups in total. The lowest BCUT2D eigenvalue weighted by atomic mass is 10.1. The van der Waals surface area contributed by atoms with E-state index in [1.165, 1.54) is 0 Å². The molecule has 1 atom stereocenters. The van der Waals surface area contributed by atoms with E-state index in [2.05, 4.69) is 15.9 Å². The van der Waals surface area contributed by atoms with Crippen LogP contribution in [0.4, 0.5) is 5.69 Å². The number of hydrogen-bond acceptors (Lipinski definition) is 4. The van der Waals surface area contributed by atoms with Crippen molar-refractivity contribution >= 4 is 13.3 Å². The van der Waals surface area contributed by atoms with E-state index in [0.717, 1.165) is 49.7 Å². The van der Waals surface area contributed by atoms with Gasteiger partial charge in [0.15, 0.2) is 0 Å². The van der Waals surface area contributed by atoms with Gasteiger partial charge in [0, 0.05) is 32.7 Å². The molecule has 1 heterocycles. The van der Waals surface area contributed by atoms with Crippen molar-refractivity contribution in [1.82, 2.24) is 4.90 Å². The quantitative estimate of drug-likeness (QED) is 0.738. The summed E-state index contributed by atoms with van der Waals surface area (Å²) in [7, 11) is -2.40. The molecule has 1 saturated heterocycles. The van der Waals surface area contributed by atoms with Crippen LogP contribution < -0.4 is 9.64 Å². The minimum absolute atomic E-state index is 0.674. The smallest absolute Gasteiger partial charge is 0.332 e. The zero-order valence-corrected chi connectivity index (χ0v) is 16.7. The maximum Gasteiger partial charge on any atom is 0.332 e. The predicted octanol–water partition coefficient (Wildman–Crippen LogP) is 3.26. The first-order valence-electron chi connectivity index (χ1n) is 9.13. The third-order valence-electron chi connectivity index (χ3n) is 5.17. The molecule has 6 nitrogen and oxygen atoms in total. The summed E-state index contributed by atoms with van der Waals surface area (Å²) in [4.78, 5) is 23.4. The Hall–Kier alpha value is -1.85. The first kappa shape index (κ1) is 19.9. The molecule has 0 aliphatic carbocycles. The number of nitrogens with zero attached hydrogens (tertiary/aromatic N) is 2. The maximum absolute atomic E-state index is 11.4. The van der Waals surface area contributed by atoms with Crippen molar-refractivity contribution in [2.24, 2.45) is 0 Å². The molecule has 2 aromatic carbocycles. The first-order valence-corrected chi connectivity index (χ1v) is 10.8. The summed E-state index contributed by atoms with van der Waals surface area (Å²) in [5.41, 5.74) is 2.20. The van der Waals surface area contributed by atoms with Gasteiger partial charge in [-0.05, 0) is 30.2 Å². The molecule has 146 valence electrons. The number of anilines is 1. The van der Waals surface area contributed by atoms with E-state index in [9.17, 15) is 14.4 Å². The van der Waals surface area contributed by atoms with Crippen molar-refractivity contribution in [3.8, 4) is 5.75 Å². The highest BCUT2D eigenvalue weighted by atomic mass is 31.2. The topological polar surface area (TPSA) is 73.2 Å². The van der Waals surface area contributed by atoms with Crippen LogP contribution in [0.3, 0.4) is 0 Å². The van der Waals surface area contributed by atoms with Crippen molar-refractivity contribution in [2.75, 3.05) is 38.2 Å². The largest absolute Gasteiger partial charge is 0.495 e. The van der Waals surface area contributed by atoms with Crippen molar-refractivity contribution in [1.29, 1.82) is 0 Å². The number of hydrogen-bond donors (Lipinski definition) is 2. The van der Waals surface area contributed by atoms with Gasteiger partial charge in [0.25, 0.3) is 0 Å². The SMILES string of the molecule is COc1ccccc1N1CCN(Cc2ccc(C(C)P(=O)(O)O)cc2)CC1. The van der Waals surface area contributed by atoms with E-state index in [1.807, 2.05) is 42.5 Å². The normalized spacial score (nSPS) is 17.0. The second kappa shape index (κ2) is 8.44. The van der Waals surface area contributed by atoms with E-state index in [-0.39, 0.29) is 0 Å². The molecule has 0 saturated carbocycles. The molecule has 0 amide bonds. The summed E-state index contributed by atoms with van der Waals surface area (Å²) in [5.74, 6) is 0.903. The number of rotatable bonds is 6. The summed E-state index contributed by atoms with van der Waals surface area (Å²) >= 11 is 0. The third kappa shape index (κ3) is 4.90. The fraction of sp³-hybridized carbons (Fsp3) is 0.400. The van der Waals surface area contributed by atoms with Crippen LogP contribution in [0.2, 0.25) is 0 Å². The van der Waals surface area contributed by atoms with Crippen LogP contribution in [-0.4, -0.2) is 48.0 Å². The minimum Gasteiger partial charge on any atom is -0.495 e. The fourth-order valence-electron chi connectivity index (χ4n) is 3.39. The Morgan fingerprint density at radius 2 is 1.67 bits per heavy atom. The lowest BCUT2D eigenvalue weighted by molar-refractivity contribution is 0.249. The molecule has 1 unspecified atom stereocenters. The Morgan fingerprint density at radius 3 is 2.26 bits per heavy atom. The van der Waals surface area contributed by atoms with Crippen LogP contribution in [0, 0.1) is 0 Å². The minimum atomic E-state index is -4.10. The molecular formula is C20H27N2O4P. The molecule has 0 spiro atoms. The van der Waals surface area contributed by atoms with Gasteiger partial charge in [-0.1, -0.05) is 36.4 Å². The molecule has 0 aromatic heterocycles. The van der Waals surface area contributed by atoms with Crippen molar-refractivity contribution in [3.05, 3.63) is 59.7 Å². The number of methoxy groups -OCH3 is 1. The van der Waals surface area contributed by atoms with E-state index >= 15 is 0 Å². The van der Waals surface area contributed by atoms with Gasteiger partial charge in [-0.3, -0.25) is 9.46 Å². The van der Waals surface area contributed by atoms with E-state index in [1.54, 1.807) is 14.0 Å². The Bertz CT molecular complexity index is 798. The van der Waals surface area contributed by atoms with Gasteiger partial charge in [-0.25, -0.2) is 0 Å². The maximum atomic E-state index is 11.4. The Morgan fingerprint density at radius 1 is 1.04 bits per heavy atom. The monoisotopic (exact) mass is 390 g/mol. The summed E-state index contributed by atoms with van der Waals surface area (Å²) in [6, 6.07) is 15.7. The molecule has 1 fully saturated rings. The molecule has 0 radical (unpaired) electrons. The van der Waals surface area contributed by atoms with Crippen LogP contribution in [0.5, 0.6) is 5.75 Å². The van der Waals surface area contributed by atoms with Gasteiger partial charge in [0.05, 0.1) is 18.5 Å². The Balaban J connectivity index is 1.57. The van der Waals surface area contributed by atoms with Crippen LogP contribution in [0.25, 0.3) is 0 Å². The molecule has 2 aromatic rings. The van der Waals surface area contributed by atoms with Crippen LogP contribution in [0.1, 0.15) is 23.7 Å². The summed E-state index contributed by atoms with van der Waals surface area (Å²) in [6.45, 7) is 6.19. The van der Waals surface area contributed by atoms with Crippen molar-refractivity contribution in [2.45, 2.75) is 19.1 Å². The van der Waals surface area contributed by atoms with Crippen molar-refractivity contribution in [3.63, 3.8) is 0 Å². The highest BCUT2D eigenvalue weighted by Crippen LogP contribution is 2.51. The molecular weight excluding hydrogens is 363 g/mol. The molecule has 27 heavy (non-hydrogen) atoms. The van der Waals surface area contributed by atoms with Gasteiger partial charge in [0.1, 0.15) is 5.75 Å². The van der Waals surface area contributed by atoms with E-state index < -0.39 is 13.3 Å². The van der Waals surface area contributed by atoms with Crippen molar-refractivity contribution < 1.29 is 19.1 Å². The third-order valence-corrected chi connectivity index (χ3v) is 6.48. The average molecular weight is 390 g/mol. The number of ether oxygens (including phenoxy) is 1. The zero-order valence-electron chi connectivity index (χ0n) is 15.8. The second-order valence-electron chi connectivity index (χ2n) is 6.94. The van der Waals surface area contributed by atoms with Gasteiger partial charge in [-0.15, -0.1) is 0 Å². The zero-order chi connectivity index (χ0) is 19.4. The number of piperazine rings is 1. The van der Waals surface area contributed by atoms with E-state index in [0.29, 0.717) is 5.56 Å². The standard InChI is InChI=1S/C20H27N2O4P/c1-16(27(23,24)25)18-9-7-17(8-10-18)15-21-11-13-22(14-12-21)19-5-3-4-6-20(19)26-2/h3-10,16H,11-15H2,1-2H3,(H2,23,24,25). The van der Waals surface area contributed by atoms with Gasteiger partial charge >= 0.3 is 7.60 Å². The van der Waals surface area contributed by atoms with Gasteiger partial charge in [0.2, 0.25) is 0 Å². The highest BCUT2D eigenvalue weighted by Gasteiger charge is 2.25. The summed E-state index contributed by atoms with van der Waals surface area (Å²) in [6.07, 6.45) is 0. The molecule has 0 bridgehead atoms. The average Bonchev–Trinajstić information content (AvgIpc) is 2.68. The Kier molecular flexibility index (Phi) is 6.22. The predicted molar refractivity (Wildman–Crippen MR) is 107 cm³/mol.